The molecule has 4 nitrogen and oxygen atoms in total. The molecule has 0 aliphatic heterocycles. The Morgan fingerprint density at radius 3 is 2.63 bits per heavy atom. The third kappa shape index (κ3) is 7.34. The van der Waals surface area contributed by atoms with Gasteiger partial charge in [-0.15, -0.1) is 35.3 Å². The summed E-state index contributed by atoms with van der Waals surface area (Å²) in [6, 6.07) is 3.92. The van der Waals surface area contributed by atoms with E-state index in [1.54, 1.807) is 6.07 Å². The second-order valence-corrected chi connectivity index (χ2v) is 5.92. The van der Waals surface area contributed by atoms with E-state index < -0.39 is 6.10 Å². The molecule has 0 saturated heterocycles. The standard InChI is InChI=1S/C12H20ClN3OS.HI/c1-4-14-12(16-8(2)3)15-7-9(17)10-5-6-11(13)18-10;/h5-6,8-9,17H,4,7H2,1-3H3,(H2,14,15,16);1H. The first-order chi connectivity index (χ1) is 8.52. The van der Waals surface area contributed by atoms with Gasteiger partial charge in [0.05, 0.1) is 10.9 Å². The summed E-state index contributed by atoms with van der Waals surface area (Å²) in [5.41, 5.74) is 0. The molecular weight excluding hydrogens is 397 g/mol. The van der Waals surface area contributed by atoms with Crippen molar-refractivity contribution in [3.05, 3.63) is 21.3 Å². The van der Waals surface area contributed by atoms with Crippen LogP contribution < -0.4 is 10.6 Å². The molecular formula is C12H21ClIN3OS. The predicted octanol–water partition coefficient (Wildman–Crippen LogP) is 3.02. The summed E-state index contributed by atoms with van der Waals surface area (Å²) in [6.07, 6.45) is -0.606. The van der Waals surface area contributed by atoms with Crippen LogP contribution in [-0.2, 0) is 0 Å². The minimum atomic E-state index is -0.606. The van der Waals surface area contributed by atoms with Crippen LogP contribution in [0.25, 0.3) is 0 Å². The smallest absolute Gasteiger partial charge is 0.191 e. The predicted molar refractivity (Wildman–Crippen MR) is 94.0 cm³/mol. The van der Waals surface area contributed by atoms with Gasteiger partial charge in [-0.05, 0) is 32.9 Å². The highest BCUT2D eigenvalue weighted by atomic mass is 127. The van der Waals surface area contributed by atoms with Crippen LogP contribution >= 0.6 is 46.9 Å². The fourth-order valence-corrected chi connectivity index (χ4v) is 2.41. The van der Waals surface area contributed by atoms with Crippen LogP contribution in [0.3, 0.4) is 0 Å². The topological polar surface area (TPSA) is 56.7 Å². The van der Waals surface area contributed by atoms with Gasteiger partial charge in [-0.3, -0.25) is 4.99 Å². The molecule has 0 bridgehead atoms. The first-order valence-corrected chi connectivity index (χ1v) is 7.20. The molecule has 3 N–H and O–H groups in total. The molecule has 0 aliphatic carbocycles. The number of aliphatic imine (C=N–C) groups is 1. The Balaban J connectivity index is 0.00000324. The Labute approximate surface area is 140 Å². The monoisotopic (exact) mass is 417 g/mol. The van der Waals surface area contributed by atoms with E-state index in [-0.39, 0.29) is 24.0 Å². The number of guanidine groups is 1. The summed E-state index contributed by atoms with van der Waals surface area (Å²) >= 11 is 7.21. The Bertz CT molecular complexity index is 398. The molecule has 1 aromatic heterocycles. The minimum Gasteiger partial charge on any atom is -0.386 e. The van der Waals surface area contributed by atoms with Crippen LogP contribution in [0.1, 0.15) is 31.8 Å². The molecule has 0 amide bonds. The first kappa shape index (κ1) is 18.9. The van der Waals surface area contributed by atoms with E-state index >= 15 is 0 Å². The van der Waals surface area contributed by atoms with Gasteiger partial charge >= 0.3 is 0 Å². The molecule has 0 spiro atoms. The average molecular weight is 418 g/mol. The van der Waals surface area contributed by atoms with Gasteiger partial charge in [0.2, 0.25) is 0 Å². The summed E-state index contributed by atoms with van der Waals surface area (Å²) < 4.78 is 0.681. The van der Waals surface area contributed by atoms with Crippen LogP contribution in [-0.4, -0.2) is 30.2 Å². The van der Waals surface area contributed by atoms with Crippen LogP contribution in [0.2, 0.25) is 4.34 Å². The van der Waals surface area contributed by atoms with Crippen molar-refractivity contribution in [3.8, 4) is 0 Å². The third-order valence-electron chi connectivity index (χ3n) is 2.11. The zero-order chi connectivity index (χ0) is 13.5. The normalized spacial score (nSPS) is 13.1. The number of aliphatic hydroxyl groups excluding tert-OH is 1. The maximum absolute atomic E-state index is 9.97. The molecule has 1 rings (SSSR count). The zero-order valence-corrected chi connectivity index (χ0v) is 15.2. The maximum atomic E-state index is 9.97. The van der Waals surface area contributed by atoms with Gasteiger partial charge in [0.25, 0.3) is 0 Å². The van der Waals surface area contributed by atoms with Gasteiger partial charge in [-0.25, -0.2) is 0 Å². The highest BCUT2D eigenvalue weighted by Crippen LogP contribution is 2.26. The van der Waals surface area contributed by atoms with Crippen molar-refractivity contribution in [2.24, 2.45) is 4.99 Å². The van der Waals surface area contributed by atoms with Crippen molar-refractivity contribution in [1.82, 2.24) is 10.6 Å². The van der Waals surface area contributed by atoms with Crippen molar-refractivity contribution >= 4 is 52.9 Å². The number of aliphatic hydroxyl groups is 1. The highest BCUT2D eigenvalue weighted by Gasteiger charge is 2.10. The molecule has 19 heavy (non-hydrogen) atoms. The molecule has 0 aliphatic rings. The van der Waals surface area contributed by atoms with Crippen molar-refractivity contribution in [2.45, 2.75) is 32.9 Å². The summed E-state index contributed by atoms with van der Waals surface area (Å²) in [4.78, 5) is 5.18. The van der Waals surface area contributed by atoms with Crippen molar-refractivity contribution < 1.29 is 5.11 Å². The maximum Gasteiger partial charge on any atom is 0.191 e. The number of nitrogens with one attached hydrogen (secondary N) is 2. The second-order valence-electron chi connectivity index (χ2n) is 4.18. The quantitative estimate of drug-likeness (QED) is 0.392. The lowest BCUT2D eigenvalue weighted by Crippen LogP contribution is -2.41. The summed E-state index contributed by atoms with van der Waals surface area (Å²) in [6.45, 7) is 7.20. The van der Waals surface area contributed by atoms with Gasteiger partial charge in [0, 0.05) is 17.5 Å². The fraction of sp³-hybridized carbons (Fsp3) is 0.583. The van der Waals surface area contributed by atoms with E-state index in [9.17, 15) is 5.11 Å². The van der Waals surface area contributed by atoms with E-state index in [1.807, 2.05) is 26.8 Å². The number of halogens is 2. The molecule has 1 unspecified atom stereocenters. The average Bonchev–Trinajstić information content (AvgIpc) is 2.72. The Morgan fingerprint density at radius 1 is 1.47 bits per heavy atom. The molecule has 1 heterocycles. The van der Waals surface area contributed by atoms with Crippen LogP contribution in [0.4, 0.5) is 0 Å². The summed E-state index contributed by atoms with van der Waals surface area (Å²) in [5.74, 6) is 0.717. The Kier molecular flexibility index (Phi) is 9.77. The van der Waals surface area contributed by atoms with Crippen LogP contribution in [0.5, 0.6) is 0 Å². The lowest BCUT2D eigenvalue weighted by Gasteiger charge is -2.14. The van der Waals surface area contributed by atoms with Gasteiger partial charge in [0.1, 0.15) is 6.10 Å². The SMILES string of the molecule is CCNC(=NCC(O)c1ccc(Cl)s1)NC(C)C.I. The van der Waals surface area contributed by atoms with Gasteiger partial charge in [-0.1, -0.05) is 11.6 Å². The molecule has 1 aromatic rings. The van der Waals surface area contributed by atoms with E-state index in [2.05, 4.69) is 15.6 Å². The minimum absolute atomic E-state index is 0. The number of nitrogens with zero attached hydrogens (tertiary/aromatic N) is 1. The largest absolute Gasteiger partial charge is 0.386 e. The number of rotatable bonds is 5. The Hall–Kier alpha value is -0.0500. The van der Waals surface area contributed by atoms with Gasteiger partial charge in [-0.2, -0.15) is 0 Å². The van der Waals surface area contributed by atoms with Gasteiger partial charge in [0.15, 0.2) is 5.96 Å². The van der Waals surface area contributed by atoms with Crippen LogP contribution in [0.15, 0.2) is 17.1 Å². The van der Waals surface area contributed by atoms with Crippen molar-refractivity contribution in [2.75, 3.05) is 13.1 Å². The van der Waals surface area contributed by atoms with Crippen molar-refractivity contribution in [3.63, 3.8) is 0 Å². The lowest BCUT2D eigenvalue weighted by molar-refractivity contribution is 0.191. The lowest BCUT2D eigenvalue weighted by atomic mass is 10.3. The molecule has 0 radical (unpaired) electrons. The van der Waals surface area contributed by atoms with Crippen molar-refractivity contribution in [1.29, 1.82) is 0 Å². The highest BCUT2D eigenvalue weighted by molar-refractivity contribution is 14.0. The van der Waals surface area contributed by atoms with Gasteiger partial charge < -0.3 is 15.7 Å². The fourth-order valence-electron chi connectivity index (χ4n) is 1.37. The molecule has 0 saturated carbocycles. The molecule has 0 aromatic carbocycles. The second kappa shape index (κ2) is 9.79. The molecule has 7 heteroatoms. The zero-order valence-electron chi connectivity index (χ0n) is 11.3. The summed E-state index contributed by atoms with van der Waals surface area (Å²) in [7, 11) is 0. The first-order valence-electron chi connectivity index (χ1n) is 6.01. The molecule has 1 atom stereocenters. The number of hydrogen-bond donors (Lipinski definition) is 3. The molecule has 110 valence electrons. The number of hydrogen-bond acceptors (Lipinski definition) is 3. The van der Waals surface area contributed by atoms with E-state index in [4.69, 9.17) is 11.6 Å². The molecule has 0 fully saturated rings. The van der Waals surface area contributed by atoms with E-state index in [1.165, 1.54) is 11.3 Å². The Morgan fingerprint density at radius 2 is 2.16 bits per heavy atom. The van der Waals surface area contributed by atoms with E-state index in [0.717, 1.165) is 11.4 Å². The van der Waals surface area contributed by atoms with E-state index in [0.29, 0.717) is 22.9 Å². The summed E-state index contributed by atoms with van der Waals surface area (Å²) in [5, 5.41) is 16.3. The van der Waals surface area contributed by atoms with Crippen LogP contribution in [0, 0.1) is 0 Å². The third-order valence-corrected chi connectivity index (χ3v) is 3.45. The number of thiophene rings is 1.